The topological polar surface area (TPSA) is 124 Å². The van der Waals surface area contributed by atoms with Gasteiger partial charge in [0.25, 0.3) is 17.5 Å². The molecule has 9 nitrogen and oxygen atoms in total. The Morgan fingerprint density at radius 3 is 2.37 bits per heavy atom. The number of rotatable bonds is 7. The maximum Gasteiger partial charge on any atom is 0.326 e. The average Bonchev–Trinajstić information content (AvgIpc) is 2.98. The monoisotopic (exact) mass is 410 g/mol. The maximum atomic E-state index is 12.5. The van der Waals surface area contributed by atoms with Crippen LogP contribution < -0.4 is 0 Å². The minimum Gasteiger partial charge on any atom is -0.453 e. The molecular weight excluding hydrogens is 392 g/mol. The summed E-state index contributed by atoms with van der Waals surface area (Å²) >= 11 is 0. The summed E-state index contributed by atoms with van der Waals surface area (Å²) in [6, 6.07) is 10.5. The van der Waals surface area contributed by atoms with Crippen LogP contribution in [0.15, 0.2) is 42.5 Å². The van der Waals surface area contributed by atoms with E-state index in [0.29, 0.717) is 10.5 Å². The van der Waals surface area contributed by atoms with E-state index in [1.807, 2.05) is 6.92 Å². The van der Waals surface area contributed by atoms with Gasteiger partial charge in [-0.05, 0) is 25.0 Å². The van der Waals surface area contributed by atoms with Gasteiger partial charge in [-0.2, -0.15) is 0 Å². The van der Waals surface area contributed by atoms with Gasteiger partial charge in [0.1, 0.15) is 12.1 Å². The SMILES string of the molecule is CCc1ccc(C(=O)[C@H](C)OC(=O)CN2C(=O)c3cccc([N+](=O)[O-])c3C2=O)cc1. The number of imide groups is 1. The third-order valence-corrected chi connectivity index (χ3v) is 4.79. The molecule has 0 N–H and O–H groups in total. The average molecular weight is 410 g/mol. The molecule has 154 valence electrons. The molecule has 0 aromatic heterocycles. The lowest BCUT2D eigenvalue weighted by Crippen LogP contribution is -2.37. The number of carbonyl (C=O) groups excluding carboxylic acids is 4. The number of ketones is 1. The maximum absolute atomic E-state index is 12.5. The van der Waals surface area contributed by atoms with Gasteiger partial charge >= 0.3 is 5.97 Å². The molecular formula is C21H18N2O7. The molecule has 2 aromatic carbocycles. The number of nitrogens with zero attached hydrogens (tertiary/aromatic N) is 2. The van der Waals surface area contributed by atoms with Gasteiger partial charge in [0.15, 0.2) is 6.10 Å². The molecule has 1 heterocycles. The van der Waals surface area contributed by atoms with Crippen molar-refractivity contribution in [2.24, 2.45) is 0 Å². The molecule has 0 spiro atoms. The number of Topliss-reactive ketones (excluding diaryl/α,β-unsaturated/α-hetero) is 1. The van der Waals surface area contributed by atoms with Gasteiger partial charge < -0.3 is 4.74 Å². The van der Waals surface area contributed by atoms with Crippen LogP contribution in [0.4, 0.5) is 5.69 Å². The normalized spacial score (nSPS) is 13.7. The Morgan fingerprint density at radius 2 is 1.77 bits per heavy atom. The molecule has 1 aliphatic heterocycles. The van der Waals surface area contributed by atoms with E-state index < -0.39 is 46.8 Å². The second-order valence-electron chi connectivity index (χ2n) is 6.70. The highest BCUT2D eigenvalue weighted by atomic mass is 16.6. The number of fused-ring (bicyclic) bond motifs is 1. The Morgan fingerprint density at radius 1 is 1.10 bits per heavy atom. The van der Waals surface area contributed by atoms with Crippen molar-refractivity contribution in [3.05, 3.63) is 74.8 Å². The van der Waals surface area contributed by atoms with Crippen LogP contribution >= 0.6 is 0 Å². The molecule has 0 saturated heterocycles. The van der Waals surface area contributed by atoms with E-state index in [2.05, 4.69) is 0 Å². The highest BCUT2D eigenvalue weighted by Gasteiger charge is 2.42. The Balaban J connectivity index is 1.69. The van der Waals surface area contributed by atoms with Gasteiger partial charge in [0, 0.05) is 11.6 Å². The van der Waals surface area contributed by atoms with Crippen molar-refractivity contribution in [3.8, 4) is 0 Å². The highest BCUT2D eigenvalue weighted by Crippen LogP contribution is 2.30. The van der Waals surface area contributed by atoms with Crippen LogP contribution in [0.1, 0.15) is 50.5 Å². The largest absolute Gasteiger partial charge is 0.453 e. The summed E-state index contributed by atoms with van der Waals surface area (Å²) in [5.74, 6) is -3.18. The van der Waals surface area contributed by atoms with E-state index in [4.69, 9.17) is 4.74 Å². The Bertz CT molecular complexity index is 1060. The lowest BCUT2D eigenvalue weighted by molar-refractivity contribution is -0.385. The predicted octanol–water partition coefficient (Wildman–Crippen LogP) is 2.57. The first-order valence-corrected chi connectivity index (χ1v) is 9.20. The third kappa shape index (κ3) is 3.82. The summed E-state index contributed by atoms with van der Waals surface area (Å²) in [4.78, 5) is 60.6. The number of carbonyl (C=O) groups is 4. The number of nitro groups is 1. The number of aryl methyl sites for hydroxylation is 1. The Labute approximate surface area is 171 Å². The molecule has 0 unspecified atom stereocenters. The van der Waals surface area contributed by atoms with Gasteiger partial charge in [-0.25, -0.2) is 0 Å². The third-order valence-electron chi connectivity index (χ3n) is 4.79. The zero-order valence-electron chi connectivity index (χ0n) is 16.3. The van der Waals surface area contributed by atoms with E-state index in [1.165, 1.54) is 19.1 Å². The molecule has 30 heavy (non-hydrogen) atoms. The molecule has 0 aliphatic carbocycles. The standard InChI is InChI=1S/C21H18N2O7/c1-3-13-7-9-14(10-8-13)19(25)12(2)30-17(24)11-22-20(26)15-5-4-6-16(23(28)29)18(15)21(22)27/h4-10,12H,3,11H2,1-2H3/t12-/m0/s1. The van der Waals surface area contributed by atoms with Crippen molar-refractivity contribution >= 4 is 29.3 Å². The van der Waals surface area contributed by atoms with Gasteiger partial charge in [-0.3, -0.25) is 34.2 Å². The summed E-state index contributed by atoms with van der Waals surface area (Å²) in [5, 5.41) is 11.1. The second kappa shape index (κ2) is 8.24. The summed E-state index contributed by atoms with van der Waals surface area (Å²) in [6.45, 7) is 2.62. The molecule has 0 radical (unpaired) electrons. The molecule has 3 rings (SSSR count). The van der Waals surface area contributed by atoms with Gasteiger partial charge in [0.2, 0.25) is 5.78 Å². The Hall–Kier alpha value is -3.88. The van der Waals surface area contributed by atoms with E-state index in [9.17, 15) is 29.3 Å². The van der Waals surface area contributed by atoms with Gasteiger partial charge in [-0.1, -0.05) is 37.3 Å². The lowest BCUT2D eigenvalue weighted by atomic mass is 10.0. The zero-order chi connectivity index (χ0) is 22.0. The van der Waals surface area contributed by atoms with Gasteiger partial charge in [-0.15, -0.1) is 0 Å². The lowest BCUT2D eigenvalue weighted by Gasteiger charge is -2.16. The van der Waals surface area contributed by atoms with Crippen LogP contribution in [-0.4, -0.2) is 46.0 Å². The quantitative estimate of drug-likeness (QED) is 0.226. The van der Waals surface area contributed by atoms with Crippen molar-refractivity contribution in [2.45, 2.75) is 26.4 Å². The number of esters is 1. The van der Waals surface area contributed by atoms with E-state index >= 15 is 0 Å². The fraction of sp³-hybridized carbons (Fsp3) is 0.238. The summed E-state index contributed by atoms with van der Waals surface area (Å²) in [5.41, 5.74) is 0.392. The highest BCUT2D eigenvalue weighted by molar-refractivity contribution is 6.24. The minimum atomic E-state index is -1.13. The van der Waals surface area contributed by atoms with Crippen LogP contribution in [0, 0.1) is 10.1 Å². The zero-order valence-corrected chi connectivity index (χ0v) is 16.3. The number of amides is 2. The second-order valence-corrected chi connectivity index (χ2v) is 6.70. The fourth-order valence-corrected chi connectivity index (χ4v) is 3.17. The first-order valence-electron chi connectivity index (χ1n) is 9.20. The Kier molecular flexibility index (Phi) is 5.72. The number of benzene rings is 2. The van der Waals surface area contributed by atoms with Crippen molar-refractivity contribution in [2.75, 3.05) is 6.54 Å². The van der Waals surface area contributed by atoms with Crippen molar-refractivity contribution < 1.29 is 28.8 Å². The van der Waals surface area contributed by atoms with Crippen molar-refractivity contribution in [3.63, 3.8) is 0 Å². The first kappa shape index (κ1) is 20.8. The number of hydrogen-bond acceptors (Lipinski definition) is 7. The van der Waals surface area contributed by atoms with Crippen molar-refractivity contribution in [1.29, 1.82) is 0 Å². The molecule has 0 bridgehead atoms. The molecule has 2 amide bonds. The smallest absolute Gasteiger partial charge is 0.326 e. The van der Waals surface area contributed by atoms with Crippen LogP contribution in [0.25, 0.3) is 0 Å². The van der Waals surface area contributed by atoms with E-state index in [-0.39, 0.29) is 11.1 Å². The van der Waals surface area contributed by atoms with Crippen molar-refractivity contribution in [1.82, 2.24) is 4.90 Å². The molecule has 0 fully saturated rings. The number of hydrogen-bond donors (Lipinski definition) is 0. The molecule has 9 heteroatoms. The van der Waals surface area contributed by atoms with Crippen LogP contribution in [0.3, 0.4) is 0 Å². The number of nitro benzene ring substituents is 1. The van der Waals surface area contributed by atoms with Gasteiger partial charge in [0.05, 0.1) is 10.5 Å². The number of ether oxygens (including phenoxy) is 1. The van der Waals surface area contributed by atoms with Crippen LogP contribution in [0.5, 0.6) is 0 Å². The van der Waals surface area contributed by atoms with Crippen LogP contribution in [0.2, 0.25) is 0 Å². The molecule has 0 saturated carbocycles. The molecule has 2 aromatic rings. The van der Waals surface area contributed by atoms with E-state index in [0.717, 1.165) is 18.1 Å². The summed E-state index contributed by atoms with van der Waals surface area (Å²) in [7, 11) is 0. The summed E-state index contributed by atoms with van der Waals surface area (Å²) in [6.07, 6.45) is -0.313. The molecule has 1 atom stereocenters. The van der Waals surface area contributed by atoms with Crippen LogP contribution in [-0.2, 0) is 16.0 Å². The summed E-state index contributed by atoms with van der Waals surface area (Å²) < 4.78 is 5.09. The minimum absolute atomic E-state index is 0.151. The first-order chi connectivity index (χ1) is 14.2. The fourth-order valence-electron chi connectivity index (χ4n) is 3.17. The predicted molar refractivity (Wildman–Crippen MR) is 104 cm³/mol. The molecule has 1 aliphatic rings. The van der Waals surface area contributed by atoms with E-state index in [1.54, 1.807) is 24.3 Å².